The van der Waals surface area contributed by atoms with Crippen LogP contribution in [0.2, 0.25) is 0 Å². The van der Waals surface area contributed by atoms with Crippen LogP contribution in [-0.4, -0.2) is 24.3 Å². The number of benzene rings is 1. The summed E-state index contributed by atoms with van der Waals surface area (Å²) in [6, 6.07) is 10.9. The molecule has 1 aromatic carbocycles. The highest BCUT2D eigenvalue weighted by molar-refractivity contribution is 7.10. The Morgan fingerprint density at radius 1 is 1.26 bits per heavy atom. The lowest BCUT2D eigenvalue weighted by molar-refractivity contribution is -0.136. The molecule has 1 atom stereocenters. The second-order valence-corrected chi connectivity index (χ2v) is 8.99. The number of fused-ring (bicyclic) bond motifs is 1. The van der Waals surface area contributed by atoms with Crippen LogP contribution >= 0.6 is 22.7 Å². The maximum atomic E-state index is 13.4. The predicted molar refractivity (Wildman–Crippen MR) is 122 cm³/mol. The van der Waals surface area contributed by atoms with Crippen molar-refractivity contribution < 1.29 is 14.3 Å². The summed E-state index contributed by atoms with van der Waals surface area (Å²) in [5.74, 6) is 0.327. The van der Waals surface area contributed by atoms with E-state index in [1.165, 1.54) is 29.8 Å². The molecule has 2 aromatic heterocycles. The number of esters is 1. The standard InChI is InChI=1S/C23H22N2O4S2/c1-4-11-29-16-9-7-15(8-10-16)13-18-21(26)25-20(17-6-5-12-30-17)19(22(27)28-3)14(2)24-23(25)31-18/h5-10,12-13,20H,4,11H2,1-3H3. The molecule has 0 aliphatic carbocycles. The monoisotopic (exact) mass is 454 g/mol. The third-order valence-corrected chi connectivity index (χ3v) is 6.80. The number of methoxy groups -OCH3 is 1. The number of hydrogen-bond acceptors (Lipinski definition) is 7. The minimum atomic E-state index is -0.546. The van der Waals surface area contributed by atoms with Gasteiger partial charge in [-0.15, -0.1) is 11.3 Å². The molecular weight excluding hydrogens is 432 g/mol. The van der Waals surface area contributed by atoms with Crippen molar-refractivity contribution >= 4 is 34.7 Å². The van der Waals surface area contributed by atoms with Gasteiger partial charge in [0.2, 0.25) is 0 Å². The lowest BCUT2D eigenvalue weighted by Crippen LogP contribution is -2.39. The van der Waals surface area contributed by atoms with Crippen LogP contribution in [0.1, 0.15) is 36.8 Å². The Kier molecular flexibility index (Phi) is 6.20. The van der Waals surface area contributed by atoms with Gasteiger partial charge in [-0.3, -0.25) is 9.36 Å². The van der Waals surface area contributed by atoms with Gasteiger partial charge in [-0.2, -0.15) is 0 Å². The van der Waals surface area contributed by atoms with Crippen LogP contribution in [0.4, 0.5) is 0 Å². The van der Waals surface area contributed by atoms with Crippen molar-refractivity contribution in [1.82, 2.24) is 4.57 Å². The summed E-state index contributed by atoms with van der Waals surface area (Å²) in [5.41, 5.74) is 1.67. The van der Waals surface area contributed by atoms with Gasteiger partial charge in [0.25, 0.3) is 5.56 Å². The molecule has 6 nitrogen and oxygen atoms in total. The molecule has 160 valence electrons. The average Bonchev–Trinajstić information content (AvgIpc) is 3.41. The van der Waals surface area contributed by atoms with Gasteiger partial charge in [-0.1, -0.05) is 36.5 Å². The zero-order valence-electron chi connectivity index (χ0n) is 17.5. The average molecular weight is 455 g/mol. The quantitative estimate of drug-likeness (QED) is 0.536. The highest BCUT2D eigenvalue weighted by Gasteiger charge is 2.33. The molecule has 8 heteroatoms. The maximum Gasteiger partial charge on any atom is 0.338 e. The highest BCUT2D eigenvalue weighted by Crippen LogP contribution is 2.32. The number of carbonyl (C=O) groups excluding carboxylic acids is 1. The normalized spacial score (nSPS) is 16.1. The Hall–Kier alpha value is -2.97. The Balaban J connectivity index is 1.82. The number of nitrogens with zero attached hydrogens (tertiary/aromatic N) is 2. The van der Waals surface area contributed by atoms with Crippen molar-refractivity contribution in [3.8, 4) is 5.75 Å². The third-order valence-electron chi connectivity index (χ3n) is 4.89. The number of thiazole rings is 1. The smallest absolute Gasteiger partial charge is 0.338 e. The van der Waals surface area contributed by atoms with E-state index in [-0.39, 0.29) is 5.56 Å². The van der Waals surface area contributed by atoms with Gasteiger partial charge < -0.3 is 9.47 Å². The summed E-state index contributed by atoms with van der Waals surface area (Å²) < 4.78 is 12.8. The van der Waals surface area contributed by atoms with Crippen molar-refractivity contribution in [3.05, 3.63) is 83.2 Å². The van der Waals surface area contributed by atoms with Gasteiger partial charge in [0, 0.05) is 4.88 Å². The van der Waals surface area contributed by atoms with Gasteiger partial charge in [0.05, 0.1) is 29.5 Å². The number of thiophene rings is 1. The SMILES string of the molecule is CCCOc1ccc(C=c2sc3n(c2=O)C(c2cccs2)C(C(=O)OC)=C(C)N=3)cc1. The van der Waals surface area contributed by atoms with E-state index in [0.29, 0.717) is 27.2 Å². The molecule has 0 saturated heterocycles. The van der Waals surface area contributed by atoms with Crippen LogP contribution in [0.3, 0.4) is 0 Å². The second kappa shape index (κ2) is 9.03. The molecule has 1 unspecified atom stereocenters. The molecule has 1 aliphatic rings. The summed E-state index contributed by atoms with van der Waals surface area (Å²) in [4.78, 5) is 31.9. The number of rotatable bonds is 6. The largest absolute Gasteiger partial charge is 0.494 e. The summed E-state index contributed by atoms with van der Waals surface area (Å²) in [5, 5.41) is 1.93. The van der Waals surface area contributed by atoms with Crippen molar-refractivity contribution in [3.63, 3.8) is 0 Å². The van der Waals surface area contributed by atoms with E-state index in [4.69, 9.17) is 9.47 Å². The molecule has 3 heterocycles. The number of aromatic nitrogens is 1. The first-order valence-electron chi connectivity index (χ1n) is 9.90. The number of allylic oxidation sites excluding steroid dienone is 1. The Morgan fingerprint density at radius 3 is 2.68 bits per heavy atom. The fourth-order valence-electron chi connectivity index (χ4n) is 3.44. The molecule has 0 radical (unpaired) electrons. The topological polar surface area (TPSA) is 69.9 Å². The molecule has 0 N–H and O–H groups in total. The molecule has 1 aliphatic heterocycles. The van der Waals surface area contributed by atoms with E-state index < -0.39 is 12.0 Å². The van der Waals surface area contributed by atoms with E-state index in [0.717, 1.165) is 22.6 Å². The molecule has 0 fully saturated rings. The minimum Gasteiger partial charge on any atom is -0.494 e. The zero-order chi connectivity index (χ0) is 22.0. The van der Waals surface area contributed by atoms with Crippen LogP contribution in [-0.2, 0) is 9.53 Å². The lowest BCUT2D eigenvalue weighted by atomic mass is 10.0. The van der Waals surface area contributed by atoms with Gasteiger partial charge in [-0.05, 0) is 48.6 Å². The Morgan fingerprint density at radius 2 is 2.03 bits per heavy atom. The first kappa shape index (κ1) is 21.3. The second-order valence-electron chi connectivity index (χ2n) is 7.01. The summed E-state index contributed by atoms with van der Waals surface area (Å²) in [6.07, 6.45) is 2.79. The predicted octanol–water partition coefficient (Wildman–Crippen LogP) is 3.26. The van der Waals surface area contributed by atoms with Crippen LogP contribution in [0.25, 0.3) is 6.08 Å². The van der Waals surface area contributed by atoms with Crippen molar-refractivity contribution in [1.29, 1.82) is 0 Å². The first-order valence-corrected chi connectivity index (χ1v) is 11.6. The number of hydrogen-bond donors (Lipinski definition) is 0. The summed E-state index contributed by atoms with van der Waals surface area (Å²) in [6.45, 7) is 4.51. The van der Waals surface area contributed by atoms with E-state index in [9.17, 15) is 9.59 Å². The first-order chi connectivity index (χ1) is 15.0. The summed E-state index contributed by atoms with van der Waals surface area (Å²) in [7, 11) is 1.34. The molecule has 0 saturated carbocycles. The van der Waals surface area contributed by atoms with Gasteiger partial charge in [0.15, 0.2) is 4.80 Å². The number of ether oxygens (including phenoxy) is 2. The molecule has 0 amide bonds. The molecule has 0 spiro atoms. The number of carbonyl (C=O) groups is 1. The molecule has 3 aromatic rings. The fraction of sp³-hybridized carbons (Fsp3) is 0.261. The van der Waals surface area contributed by atoms with Crippen molar-refractivity contribution in [2.45, 2.75) is 26.3 Å². The Labute approximate surface area is 187 Å². The zero-order valence-corrected chi connectivity index (χ0v) is 19.1. The molecular formula is C23H22N2O4S2. The van der Waals surface area contributed by atoms with E-state index in [1.54, 1.807) is 11.5 Å². The van der Waals surface area contributed by atoms with Crippen molar-refractivity contribution in [2.24, 2.45) is 4.99 Å². The van der Waals surface area contributed by atoms with Gasteiger partial charge >= 0.3 is 5.97 Å². The molecule has 31 heavy (non-hydrogen) atoms. The fourth-order valence-corrected chi connectivity index (χ4v) is 5.31. The lowest BCUT2D eigenvalue weighted by Gasteiger charge is -2.22. The van der Waals surface area contributed by atoms with Crippen LogP contribution in [0.15, 0.2) is 62.8 Å². The van der Waals surface area contributed by atoms with E-state index >= 15 is 0 Å². The molecule has 0 bridgehead atoms. The van der Waals surface area contributed by atoms with Crippen molar-refractivity contribution in [2.75, 3.05) is 13.7 Å². The summed E-state index contributed by atoms with van der Waals surface area (Å²) >= 11 is 2.81. The van der Waals surface area contributed by atoms with Gasteiger partial charge in [-0.25, -0.2) is 9.79 Å². The van der Waals surface area contributed by atoms with Crippen LogP contribution < -0.4 is 19.6 Å². The van der Waals surface area contributed by atoms with E-state index in [1.807, 2.05) is 47.9 Å². The maximum absolute atomic E-state index is 13.4. The Bertz CT molecular complexity index is 1300. The minimum absolute atomic E-state index is 0.178. The van der Waals surface area contributed by atoms with Gasteiger partial charge in [0.1, 0.15) is 11.8 Å². The molecule has 4 rings (SSSR count). The van der Waals surface area contributed by atoms with Crippen LogP contribution in [0, 0.1) is 0 Å². The third kappa shape index (κ3) is 4.13. The highest BCUT2D eigenvalue weighted by atomic mass is 32.1. The van der Waals surface area contributed by atoms with Crippen LogP contribution in [0.5, 0.6) is 5.75 Å². The van der Waals surface area contributed by atoms with E-state index in [2.05, 4.69) is 11.9 Å².